The Bertz CT molecular complexity index is 892. The zero-order valence-electron chi connectivity index (χ0n) is 16.3. The average molecular weight is 369 g/mol. The van der Waals surface area contributed by atoms with Crippen LogP contribution in [0.1, 0.15) is 44.0 Å². The predicted molar refractivity (Wildman–Crippen MR) is 105 cm³/mol. The monoisotopic (exact) mass is 369 g/mol. The average Bonchev–Trinajstić information content (AvgIpc) is 2.82. The van der Waals surface area contributed by atoms with E-state index in [9.17, 15) is 4.79 Å². The predicted octanol–water partition coefficient (Wildman–Crippen LogP) is 3.70. The summed E-state index contributed by atoms with van der Waals surface area (Å²) in [6.07, 6.45) is 6.39. The molecular formula is C21H27N3O3. The lowest BCUT2D eigenvalue weighted by Gasteiger charge is -2.29. The van der Waals surface area contributed by atoms with E-state index in [1.165, 1.54) is 27.8 Å². The molecular weight excluding hydrogens is 342 g/mol. The Morgan fingerprint density at radius 1 is 1.26 bits per heavy atom. The molecule has 0 bridgehead atoms. The number of fused-ring (bicyclic) bond motifs is 3. The van der Waals surface area contributed by atoms with E-state index in [0.717, 1.165) is 38.1 Å². The van der Waals surface area contributed by atoms with Crippen LogP contribution >= 0.6 is 0 Å². The van der Waals surface area contributed by atoms with Gasteiger partial charge in [-0.3, -0.25) is 0 Å². The van der Waals surface area contributed by atoms with Gasteiger partial charge in [0.25, 0.3) is 0 Å². The highest BCUT2D eigenvalue weighted by atomic mass is 16.6. The fourth-order valence-electron chi connectivity index (χ4n) is 3.84. The molecule has 0 saturated heterocycles. The summed E-state index contributed by atoms with van der Waals surface area (Å²) in [5.41, 5.74) is 5.56. The Morgan fingerprint density at radius 3 is 2.81 bits per heavy atom. The van der Waals surface area contributed by atoms with Gasteiger partial charge in [-0.05, 0) is 56.4 Å². The van der Waals surface area contributed by atoms with E-state index in [1.54, 1.807) is 4.90 Å². The van der Waals surface area contributed by atoms with Crippen LogP contribution in [-0.4, -0.2) is 52.9 Å². The number of carbonyl (C=O) groups excluding carboxylic acids is 1. The van der Waals surface area contributed by atoms with Crippen LogP contribution in [0.3, 0.4) is 0 Å². The van der Waals surface area contributed by atoms with E-state index in [1.807, 2.05) is 27.0 Å². The molecule has 1 amide bonds. The number of hydrogen-bond acceptors (Lipinski definition) is 4. The summed E-state index contributed by atoms with van der Waals surface area (Å²) >= 11 is 0. The third kappa shape index (κ3) is 3.72. The second-order valence-corrected chi connectivity index (χ2v) is 8.18. The lowest BCUT2D eigenvalue weighted by atomic mass is 9.95. The fraction of sp³-hybridized carbons (Fsp3) is 0.524. The van der Waals surface area contributed by atoms with Crippen LogP contribution in [0.15, 0.2) is 18.3 Å². The first kappa shape index (κ1) is 18.0. The number of hydrogen-bond donors (Lipinski definition) is 1. The van der Waals surface area contributed by atoms with Gasteiger partial charge in [0, 0.05) is 36.8 Å². The molecule has 0 radical (unpaired) electrons. The van der Waals surface area contributed by atoms with Crippen LogP contribution in [0, 0.1) is 0 Å². The van der Waals surface area contributed by atoms with Crippen molar-refractivity contribution in [2.75, 3.05) is 26.3 Å². The molecule has 27 heavy (non-hydrogen) atoms. The lowest BCUT2D eigenvalue weighted by molar-refractivity contribution is 0.0270. The van der Waals surface area contributed by atoms with Crippen molar-refractivity contribution in [2.45, 2.75) is 45.6 Å². The van der Waals surface area contributed by atoms with Gasteiger partial charge in [0.1, 0.15) is 11.2 Å². The minimum absolute atomic E-state index is 0.245. The highest BCUT2D eigenvalue weighted by Crippen LogP contribution is 2.33. The molecule has 2 aromatic heterocycles. The molecule has 0 fully saturated rings. The van der Waals surface area contributed by atoms with Gasteiger partial charge in [-0.15, -0.1) is 0 Å². The van der Waals surface area contributed by atoms with Crippen molar-refractivity contribution >= 4 is 22.7 Å². The van der Waals surface area contributed by atoms with Gasteiger partial charge in [0.15, 0.2) is 0 Å². The van der Waals surface area contributed by atoms with Crippen LogP contribution in [0.5, 0.6) is 0 Å². The second kappa shape index (κ2) is 7.00. The first-order chi connectivity index (χ1) is 12.9. The van der Waals surface area contributed by atoms with Crippen LogP contribution in [-0.2, 0) is 22.3 Å². The molecule has 0 saturated carbocycles. The maximum atomic E-state index is 12.3. The number of ether oxygens (including phenoxy) is 2. The Labute approximate surface area is 159 Å². The molecule has 0 aliphatic carbocycles. The summed E-state index contributed by atoms with van der Waals surface area (Å²) in [4.78, 5) is 22.1. The molecule has 2 aromatic rings. The van der Waals surface area contributed by atoms with Crippen LogP contribution in [0.4, 0.5) is 4.79 Å². The standard InChI is InChI=1S/C21H27N3O3/c1-21(2,3)27-20(25)24-10-5-14(6-11-24)15-4-9-22-19-18(15)16-7-12-26-13-8-17(16)23-19/h4-5,9H,6-8,10-13H2,1-3H3,(H,22,23). The quantitative estimate of drug-likeness (QED) is 0.832. The van der Waals surface area contributed by atoms with Crippen molar-refractivity contribution in [1.82, 2.24) is 14.9 Å². The molecule has 4 rings (SSSR count). The van der Waals surface area contributed by atoms with Crippen molar-refractivity contribution in [2.24, 2.45) is 0 Å². The number of amides is 1. The van der Waals surface area contributed by atoms with Gasteiger partial charge in [0.05, 0.1) is 13.2 Å². The van der Waals surface area contributed by atoms with E-state index in [-0.39, 0.29) is 6.09 Å². The van der Waals surface area contributed by atoms with Gasteiger partial charge in [-0.25, -0.2) is 9.78 Å². The van der Waals surface area contributed by atoms with Crippen LogP contribution in [0.25, 0.3) is 16.6 Å². The summed E-state index contributed by atoms with van der Waals surface area (Å²) in [5, 5.41) is 1.22. The van der Waals surface area contributed by atoms with Crippen molar-refractivity contribution in [1.29, 1.82) is 0 Å². The zero-order chi connectivity index (χ0) is 19.0. The third-order valence-corrected chi connectivity index (χ3v) is 5.09. The number of carbonyl (C=O) groups is 1. The SMILES string of the molecule is CC(C)(C)OC(=O)N1CC=C(c2ccnc3[nH]c4c(c23)CCOCC4)CC1. The second-order valence-electron chi connectivity index (χ2n) is 8.18. The normalized spacial score (nSPS) is 18.0. The van der Waals surface area contributed by atoms with Gasteiger partial charge in [-0.2, -0.15) is 0 Å². The molecule has 144 valence electrons. The van der Waals surface area contributed by atoms with E-state index in [0.29, 0.717) is 13.1 Å². The zero-order valence-corrected chi connectivity index (χ0v) is 16.3. The Hall–Kier alpha value is -2.34. The molecule has 4 heterocycles. The number of H-pyrrole nitrogens is 1. The Kier molecular flexibility index (Phi) is 4.68. The highest BCUT2D eigenvalue weighted by molar-refractivity contribution is 5.94. The number of aromatic amines is 1. The summed E-state index contributed by atoms with van der Waals surface area (Å²) in [6.45, 7) is 8.42. The number of nitrogens with one attached hydrogen (secondary N) is 1. The number of aromatic nitrogens is 2. The van der Waals surface area contributed by atoms with Gasteiger partial charge >= 0.3 is 6.09 Å². The minimum Gasteiger partial charge on any atom is -0.444 e. The number of nitrogens with zero attached hydrogens (tertiary/aromatic N) is 2. The highest BCUT2D eigenvalue weighted by Gasteiger charge is 2.25. The van der Waals surface area contributed by atoms with Crippen molar-refractivity contribution in [3.63, 3.8) is 0 Å². The van der Waals surface area contributed by atoms with Gasteiger partial charge in [0.2, 0.25) is 0 Å². The molecule has 0 aromatic carbocycles. The first-order valence-corrected chi connectivity index (χ1v) is 9.66. The Balaban J connectivity index is 1.62. The Morgan fingerprint density at radius 2 is 2.07 bits per heavy atom. The largest absolute Gasteiger partial charge is 0.444 e. The summed E-state index contributed by atoms with van der Waals surface area (Å²) in [6, 6.07) is 2.09. The van der Waals surface area contributed by atoms with Crippen LogP contribution in [0.2, 0.25) is 0 Å². The number of rotatable bonds is 1. The fourth-order valence-corrected chi connectivity index (χ4v) is 3.84. The summed E-state index contributed by atoms with van der Waals surface area (Å²) < 4.78 is 11.1. The first-order valence-electron chi connectivity index (χ1n) is 9.66. The molecule has 6 heteroatoms. The maximum absolute atomic E-state index is 12.3. The molecule has 1 N–H and O–H groups in total. The minimum atomic E-state index is -0.469. The van der Waals surface area contributed by atoms with Crippen molar-refractivity contribution in [3.8, 4) is 0 Å². The number of pyridine rings is 1. The van der Waals surface area contributed by atoms with Gasteiger partial charge < -0.3 is 19.4 Å². The van der Waals surface area contributed by atoms with E-state index < -0.39 is 5.60 Å². The van der Waals surface area contributed by atoms with Crippen molar-refractivity contribution < 1.29 is 14.3 Å². The van der Waals surface area contributed by atoms with Gasteiger partial charge in [-0.1, -0.05) is 6.08 Å². The molecule has 0 unspecified atom stereocenters. The van der Waals surface area contributed by atoms with Crippen LogP contribution < -0.4 is 0 Å². The molecule has 0 atom stereocenters. The summed E-state index contributed by atoms with van der Waals surface area (Å²) in [7, 11) is 0. The molecule has 0 spiro atoms. The molecule has 2 aliphatic heterocycles. The smallest absolute Gasteiger partial charge is 0.410 e. The van der Waals surface area contributed by atoms with Crippen molar-refractivity contribution in [3.05, 3.63) is 35.2 Å². The van der Waals surface area contributed by atoms with E-state index in [2.05, 4.69) is 22.1 Å². The lowest BCUT2D eigenvalue weighted by Crippen LogP contribution is -2.39. The third-order valence-electron chi connectivity index (χ3n) is 5.09. The molecule has 2 aliphatic rings. The topological polar surface area (TPSA) is 67.5 Å². The van der Waals surface area contributed by atoms with E-state index >= 15 is 0 Å². The summed E-state index contributed by atoms with van der Waals surface area (Å²) in [5.74, 6) is 0. The molecule has 6 nitrogen and oxygen atoms in total. The van der Waals surface area contributed by atoms with E-state index in [4.69, 9.17) is 9.47 Å². The maximum Gasteiger partial charge on any atom is 0.410 e.